The maximum absolute atomic E-state index is 11.7. The molecule has 17 heavy (non-hydrogen) atoms. The van der Waals surface area contributed by atoms with Crippen LogP contribution >= 0.6 is 11.6 Å². The number of hydrogen-bond donors (Lipinski definition) is 0. The summed E-state index contributed by atoms with van der Waals surface area (Å²) in [4.78, 5) is 11.7. The quantitative estimate of drug-likeness (QED) is 0.614. The van der Waals surface area contributed by atoms with Gasteiger partial charge in [-0.1, -0.05) is 18.1 Å². The maximum atomic E-state index is 11.7. The first-order chi connectivity index (χ1) is 8.27. The molecule has 2 rings (SSSR count). The van der Waals surface area contributed by atoms with Crippen LogP contribution in [0.2, 0.25) is 0 Å². The standard InChI is InChI=1S/C11H16ClN3O2/c1-2-17-11(16)10-9(7-12)15(14-13-10)8-5-3-4-6-8/h8H,2-7H2,1H3. The topological polar surface area (TPSA) is 57.0 Å². The third kappa shape index (κ3) is 2.44. The number of esters is 1. The van der Waals surface area contributed by atoms with E-state index in [1.807, 2.05) is 0 Å². The van der Waals surface area contributed by atoms with Gasteiger partial charge in [0.25, 0.3) is 0 Å². The Bertz CT molecular complexity index is 399. The van der Waals surface area contributed by atoms with Gasteiger partial charge in [-0.15, -0.1) is 16.7 Å². The Hall–Kier alpha value is -1.10. The minimum absolute atomic E-state index is 0.234. The van der Waals surface area contributed by atoms with Crippen molar-refractivity contribution in [3.8, 4) is 0 Å². The number of alkyl halides is 1. The lowest BCUT2D eigenvalue weighted by molar-refractivity contribution is 0.0518. The zero-order valence-corrected chi connectivity index (χ0v) is 10.6. The fourth-order valence-electron chi connectivity index (χ4n) is 2.24. The van der Waals surface area contributed by atoms with Gasteiger partial charge in [-0.2, -0.15) is 0 Å². The number of aromatic nitrogens is 3. The molecule has 1 aromatic heterocycles. The van der Waals surface area contributed by atoms with E-state index in [2.05, 4.69) is 10.3 Å². The molecule has 0 radical (unpaired) electrons. The Morgan fingerprint density at radius 1 is 1.53 bits per heavy atom. The molecule has 5 nitrogen and oxygen atoms in total. The molecule has 0 amide bonds. The van der Waals surface area contributed by atoms with Crippen LogP contribution < -0.4 is 0 Å². The summed E-state index contributed by atoms with van der Waals surface area (Å²) >= 11 is 5.89. The van der Waals surface area contributed by atoms with E-state index in [4.69, 9.17) is 16.3 Å². The molecule has 0 saturated heterocycles. The first kappa shape index (κ1) is 12.4. The highest BCUT2D eigenvalue weighted by Gasteiger charge is 2.26. The number of nitrogens with zero attached hydrogens (tertiary/aromatic N) is 3. The first-order valence-corrected chi connectivity index (χ1v) is 6.48. The van der Waals surface area contributed by atoms with Gasteiger partial charge in [0.05, 0.1) is 24.2 Å². The van der Waals surface area contributed by atoms with Gasteiger partial charge in [-0.25, -0.2) is 9.48 Å². The Morgan fingerprint density at radius 3 is 2.82 bits per heavy atom. The normalized spacial score (nSPS) is 16.4. The number of carbonyl (C=O) groups is 1. The van der Waals surface area contributed by atoms with Crippen LogP contribution in [0, 0.1) is 0 Å². The molecular formula is C11H16ClN3O2. The highest BCUT2D eigenvalue weighted by Crippen LogP contribution is 2.30. The van der Waals surface area contributed by atoms with Crippen molar-refractivity contribution >= 4 is 17.6 Å². The van der Waals surface area contributed by atoms with Crippen LogP contribution in [0.1, 0.15) is 54.8 Å². The third-order valence-corrected chi connectivity index (χ3v) is 3.31. The van der Waals surface area contributed by atoms with E-state index in [0.717, 1.165) is 12.8 Å². The molecule has 94 valence electrons. The maximum Gasteiger partial charge on any atom is 0.360 e. The predicted molar refractivity (Wildman–Crippen MR) is 63.0 cm³/mol. The van der Waals surface area contributed by atoms with Gasteiger partial charge in [0, 0.05) is 0 Å². The molecule has 0 spiro atoms. The van der Waals surface area contributed by atoms with E-state index in [-0.39, 0.29) is 11.6 Å². The molecule has 1 fully saturated rings. The van der Waals surface area contributed by atoms with Gasteiger partial charge in [0.15, 0.2) is 5.69 Å². The van der Waals surface area contributed by atoms with Gasteiger partial charge < -0.3 is 4.74 Å². The molecule has 0 aliphatic heterocycles. The Kier molecular flexibility index (Phi) is 3.99. The molecule has 0 atom stereocenters. The highest BCUT2D eigenvalue weighted by molar-refractivity contribution is 6.17. The molecule has 0 unspecified atom stereocenters. The second-order valence-electron chi connectivity index (χ2n) is 4.12. The molecule has 6 heteroatoms. The van der Waals surface area contributed by atoms with Crippen LogP contribution in [0.4, 0.5) is 0 Å². The summed E-state index contributed by atoms with van der Waals surface area (Å²) in [6, 6.07) is 0.333. The first-order valence-electron chi connectivity index (χ1n) is 5.95. The summed E-state index contributed by atoms with van der Waals surface area (Å²) < 4.78 is 6.73. The molecular weight excluding hydrogens is 242 g/mol. The van der Waals surface area contributed by atoms with Crippen LogP contribution in [-0.4, -0.2) is 27.6 Å². The fourth-order valence-corrected chi connectivity index (χ4v) is 2.49. The van der Waals surface area contributed by atoms with Gasteiger partial charge in [0.2, 0.25) is 0 Å². The summed E-state index contributed by atoms with van der Waals surface area (Å²) in [7, 11) is 0. The van der Waals surface area contributed by atoms with E-state index in [0.29, 0.717) is 18.3 Å². The van der Waals surface area contributed by atoms with Crippen LogP contribution in [0.3, 0.4) is 0 Å². The minimum Gasteiger partial charge on any atom is -0.461 e. The van der Waals surface area contributed by atoms with Crippen LogP contribution in [0.15, 0.2) is 0 Å². The summed E-state index contributed by atoms with van der Waals surface area (Å²) in [6.07, 6.45) is 4.55. The largest absolute Gasteiger partial charge is 0.461 e. The smallest absolute Gasteiger partial charge is 0.360 e. The second kappa shape index (κ2) is 5.49. The van der Waals surface area contributed by atoms with E-state index < -0.39 is 5.97 Å². The SMILES string of the molecule is CCOC(=O)c1nnn(C2CCCC2)c1CCl. The molecule has 0 aromatic carbocycles. The fraction of sp³-hybridized carbons (Fsp3) is 0.727. The molecule has 1 saturated carbocycles. The van der Waals surface area contributed by atoms with E-state index in [1.165, 1.54) is 12.8 Å². The number of rotatable bonds is 4. The van der Waals surface area contributed by atoms with Crippen molar-refractivity contribution in [1.82, 2.24) is 15.0 Å². The number of halogens is 1. The molecule has 0 N–H and O–H groups in total. The van der Waals surface area contributed by atoms with Crippen molar-refractivity contribution in [2.75, 3.05) is 6.61 Å². The summed E-state index contributed by atoms with van der Waals surface area (Å²) in [6.45, 7) is 2.09. The lowest BCUT2D eigenvalue weighted by Gasteiger charge is -2.11. The summed E-state index contributed by atoms with van der Waals surface area (Å²) in [5, 5.41) is 7.96. The second-order valence-corrected chi connectivity index (χ2v) is 4.39. The number of ether oxygens (including phenoxy) is 1. The van der Waals surface area contributed by atoms with Crippen molar-refractivity contribution in [2.45, 2.75) is 44.5 Å². The zero-order chi connectivity index (χ0) is 12.3. The van der Waals surface area contributed by atoms with Crippen molar-refractivity contribution in [2.24, 2.45) is 0 Å². The van der Waals surface area contributed by atoms with Gasteiger partial charge in [-0.3, -0.25) is 0 Å². The van der Waals surface area contributed by atoms with Crippen molar-refractivity contribution < 1.29 is 9.53 Å². The molecule has 1 heterocycles. The van der Waals surface area contributed by atoms with E-state index in [1.54, 1.807) is 11.6 Å². The lowest BCUT2D eigenvalue weighted by Crippen LogP contribution is -2.12. The number of carbonyl (C=O) groups excluding carboxylic acids is 1. The minimum atomic E-state index is -0.438. The van der Waals surface area contributed by atoms with Crippen LogP contribution in [0.5, 0.6) is 0 Å². The Labute approximate surface area is 105 Å². The summed E-state index contributed by atoms with van der Waals surface area (Å²) in [5.41, 5.74) is 0.936. The van der Waals surface area contributed by atoms with Gasteiger partial charge in [-0.05, 0) is 19.8 Å². The molecule has 1 aliphatic rings. The third-order valence-electron chi connectivity index (χ3n) is 3.06. The van der Waals surface area contributed by atoms with Crippen molar-refractivity contribution in [1.29, 1.82) is 0 Å². The Balaban J connectivity index is 2.25. The monoisotopic (exact) mass is 257 g/mol. The summed E-state index contributed by atoms with van der Waals surface area (Å²) in [5.74, 6) is -0.204. The van der Waals surface area contributed by atoms with Crippen molar-refractivity contribution in [3.63, 3.8) is 0 Å². The predicted octanol–water partition coefficient (Wildman–Crippen LogP) is 2.31. The zero-order valence-electron chi connectivity index (χ0n) is 9.86. The lowest BCUT2D eigenvalue weighted by atomic mass is 10.2. The van der Waals surface area contributed by atoms with Crippen LogP contribution in [-0.2, 0) is 10.6 Å². The van der Waals surface area contributed by atoms with E-state index >= 15 is 0 Å². The van der Waals surface area contributed by atoms with Crippen molar-refractivity contribution in [3.05, 3.63) is 11.4 Å². The van der Waals surface area contributed by atoms with Gasteiger partial charge >= 0.3 is 5.97 Å². The molecule has 0 bridgehead atoms. The average molecular weight is 258 g/mol. The Morgan fingerprint density at radius 2 is 2.24 bits per heavy atom. The molecule has 1 aliphatic carbocycles. The van der Waals surface area contributed by atoms with Crippen LogP contribution in [0.25, 0.3) is 0 Å². The number of hydrogen-bond acceptors (Lipinski definition) is 4. The van der Waals surface area contributed by atoms with Gasteiger partial charge in [0.1, 0.15) is 0 Å². The van der Waals surface area contributed by atoms with E-state index in [9.17, 15) is 4.79 Å². The average Bonchev–Trinajstić information content (AvgIpc) is 2.97. The highest BCUT2D eigenvalue weighted by atomic mass is 35.5. The molecule has 1 aromatic rings.